The van der Waals surface area contributed by atoms with Crippen LogP contribution < -0.4 is 10.6 Å². The number of hydrogen-bond donors (Lipinski definition) is 2. The number of nitro groups is 1. The van der Waals surface area contributed by atoms with Crippen molar-refractivity contribution in [1.82, 2.24) is 14.9 Å². The van der Waals surface area contributed by atoms with E-state index in [1.54, 1.807) is 26.8 Å². The number of nitrogens with zero attached hydrogens (tertiary/aromatic N) is 2. The first-order chi connectivity index (χ1) is 14.6. The molecule has 0 saturated heterocycles. The maximum Gasteiger partial charge on any atom is 0.273 e. The van der Waals surface area contributed by atoms with E-state index in [4.69, 9.17) is 0 Å². The number of rotatable bonds is 10. The standard InChI is InChI=1S/C19H24N4O6S2/c1-4-22(5-2)31(28,29)18-9-8-15(30-18)11-20-17(24)12-21-19(25)14-7-6-13(3)16(10-14)23(26)27/h6-10H,4-5,11-12H2,1-3H3,(H,20,24)(H,21,25). The van der Waals surface area contributed by atoms with Gasteiger partial charge in [-0.25, -0.2) is 8.42 Å². The van der Waals surface area contributed by atoms with Crippen LogP contribution in [0, 0.1) is 17.0 Å². The third-order valence-corrected chi connectivity index (χ3v) is 8.08. The Labute approximate surface area is 184 Å². The highest BCUT2D eigenvalue weighted by molar-refractivity contribution is 7.91. The van der Waals surface area contributed by atoms with Gasteiger partial charge >= 0.3 is 0 Å². The van der Waals surface area contributed by atoms with Gasteiger partial charge < -0.3 is 10.6 Å². The number of benzene rings is 1. The van der Waals surface area contributed by atoms with Gasteiger partial charge in [-0.05, 0) is 25.1 Å². The number of amides is 2. The van der Waals surface area contributed by atoms with Gasteiger partial charge in [0, 0.05) is 35.2 Å². The van der Waals surface area contributed by atoms with Gasteiger partial charge in [0.1, 0.15) is 4.21 Å². The Balaban J connectivity index is 1.91. The smallest absolute Gasteiger partial charge is 0.273 e. The Bertz CT molecular complexity index is 1080. The second kappa shape index (κ2) is 10.5. The first kappa shape index (κ1) is 24.4. The summed E-state index contributed by atoms with van der Waals surface area (Å²) in [5.74, 6) is -1.08. The molecule has 2 N–H and O–H groups in total. The number of sulfonamides is 1. The molecule has 0 aliphatic heterocycles. The molecule has 0 spiro atoms. The van der Waals surface area contributed by atoms with Crippen LogP contribution in [0.4, 0.5) is 5.69 Å². The van der Waals surface area contributed by atoms with Gasteiger partial charge in [0.05, 0.1) is 18.0 Å². The van der Waals surface area contributed by atoms with Gasteiger partial charge in [-0.3, -0.25) is 19.7 Å². The second-order valence-electron chi connectivity index (χ2n) is 6.53. The predicted octanol–water partition coefficient (Wildman–Crippen LogP) is 2.04. The summed E-state index contributed by atoms with van der Waals surface area (Å²) in [6.45, 7) is 5.62. The zero-order valence-corrected chi connectivity index (χ0v) is 19.0. The molecule has 2 aromatic rings. The fourth-order valence-corrected chi connectivity index (χ4v) is 5.65. The van der Waals surface area contributed by atoms with Gasteiger partial charge in [0.15, 0.2) is 0 Å². The molecule has 168 valence electrons. The van der Waals surface area contributed by atoms with E-state index in [-0.39, 0.29) is 28.5 Å². The highest BCUT2D eigenvalue weighted by Gasteiger charge is 2.23. The Morgan fingerprint density at radius 3 is 2.42 bits per heavy atom. The summed E-state index contributed by atoms with van der Waals surface area (Å²) >= 11 is 1.07. The second-order valence-corrected chi connectivity index (χ2v) is 9.86. The maximum absolute atomic E-state index is 12.5. The SMILES string of the molecule is CCN(CC)S(=O)(=O)c1ccc(CNC(=O)CNC(=O)c2ccc(C)c([N+](=O)[O-])c2)s1. The molecule has 0 radical (unpaired) electrons. The molecule has 0 unspecified atom stereocenters. The third-order valence-electron chi connectivity index (χ3n) is 4.47. The Kier molecular flexibility index (Phi) is 8.25. The molecule has 0 aliphatic carbocycles. The molecular formula is C19H24N4O6S2. The highest BCUT2D eigenvalue weighted by Crippen LogP contribution is 2.24. The van der Waals surface area contributed by atoms with Gasteiger partial charge in [0.2, 0.25) is 5.91 Å². The van der Waals surface area contributed by atoms with Crippen LogP contribution in [-0.4, -0.2) is 49.1 Å². The molecule has 1 heterocycles. The Hall–Kier alpha value is -2.83. The van der Waals surface area contributed by atoms with Gasteiger partial charge in [-0.15, -0.1) is 11.3 Å². The van der Waals surface area contributed by atoms with Crippen molar-refractivity contribution >= 4 is 38.9 Å². The molecule has 2 rings (SSSR count). The molecular weight excluding hydrogens is 444 g/mol. The van der Waals surface area contributed by atoms with E-state index in [1.165, 1.54) is 22.5 Å². The molecule has 0 atom stereocenters. The van der Waals surface area contributed by atoms with Crippen LogP contribution in [0.2, 0.25) is 0 Å². The molecule has 0 bridgehead atoms. The number of nitro benzene ring substituents is 1. The predicted molar refractivity (Wildman–Crippen MR) is 116 cm³/mol. The lowest BCUT2D eigenvalue weighted by molar-refractivity contribution is -0.385. The van der Waals surface area contributed by atoms with Crippen LogP contribution in [0.1, 0.15) is 34.6 Å². The number of carbonyl (C=O) groups excluding carboxylic acids is 2. The molecule has 1 aromatic carbocycles. The summed E-state index contributed by atoms with van der Waals surface area (Å²) in [6.07, 6.45) is 0. The summed E-state index contributed by atoms with van der Waals surface area (Å²) in [7, 11) is -3.55. The first-order valence-electron chi connectivity index (χ1n) is 9.48. The third kappa shape index (κ3) is 6.09. The average molecular weight is 469 g/mol. The van der Waals surface area contributed by atoms with Crippen LogP contribution >= 0.6 is 11.3 Å². The fourth-order valence-electron chi connectivity index (χ4n) is 2.74. The van der Waals surface area contributed by atoms with E-state index in [0.717, 1.165) is 17.4 Å². The monoisotopic (exact) mass is 468 g/mol. The molecule has 0 fully saturated rings. The maximum atomic E-state index is 12.5. The lowest BCUT2D eigenvalue weighted by Gasteiger charge is -2.16. The molecule has 31 heavy (non-hydrogen) atoms. The van der Waals surface area contributed by atoms with Gasteiger partial charge in [0.25, 0.3) is 21.6 Å². The lowest BCUT2D eigenvalue weighted by Crippen LogP contribution is -2.36. The lowest BCUT2D eigenvalue weighted by atomic mass is 10.1. The number of carbonyl (C=O) groups is 2. The van der Waals surface area contributed by atoms with E-state index in [2.05, 4.69) is 10.6 Å². The van der Waals surface area contributed by atoms with Crippen LogP contribution in [0.3, 0.4) is 0 Å². The molecule has 12 heteroatoms. The van der Waals surface area contributed by atoms with Crippen molar-refractivity contribution in [3.8, 4) is 0 Å². The first-order valence-corrected chi connectivity index (χ1v) is 11.7. The van der Waals surface area contributed by atoms with Crippen molar-refractivity contribution < 1.29 is 22.9 Å². The Morgan fingerprint density at radius 2 is 1.81 bits per heavy atom. The van der Waals surface area contributed by atoms with Crippen molar-refractivity contribution in [2.24, 2.45) is 0 Å². The molecule has 10 nitrogen and oxygen atoms in total. The normalized spacial score (nSPS) is 11.4. The summed E-state index contributed by atoms with van der Waals surface area (Å²) in [4.78, 5) is 35.3. The van der Waals surface area contributed by atoms with Crippen molar-refractivity contribution in [3.05, 3.63) is 56.5 Å². The summed E-state index contributed by atoms with van der Waals surface area (Å²) in [6, 6.07) is 7.20. The largest absolute Gasteiger partial charge is 0.350 e. The van der Waals surface area contributed by atoms with Crippen LogP contribution in [-0.2, 0) is 21.4 Å². The molecule has 0 saturated carbocycles. The zero-order chi connectivity index (χ0) is 23.2. The minimum atomic E-state index is -3.55. The molecule has 0 aliphatic rings. The minimum Gasteiger partial charge on any atom is -0.350 e. The van der Waals surface area contributed by atoms with Crippen molar-refractivity contribution in [2.45, 2.75) is 31.5 Å². The number of hydrogen-bond acceptors (Lipinski definition) is 7. The molecule has 1 aromatic heterocycles. The summed E-state index contributed by atoms with van der Waals surface area (Å²) in [5.41, 5.74) is 0.331. The van der Waals surface area contributed by atoms with Gasteiger partial charge in [-0.1, -0.05) is 19.9 Å². The number of nitrogens with one attached hydrogen (secondary N) is 2. The fraction of sp³-hybridized carbons (Fsp3) is 0.368. The Morgan fingerprint density at radius 1 is 1.13 bits per heavy atom. The quantitative estimate of drug-likeness (QED) is 0.404. The zero-order valence-electron chi connectivity index (χ0n) is 17.4. The highest BCUT2D eigenvalue weighted by atomic mass is 32.2. The summed E-state index contributed by atoms with van der Waals surface area (Å²) < 4.78 is 26.6. The molecule has 2 amide bonds. The van der Waals surface area contributed by atoms with Crippen molar-refractivity contribution in [2.75, 3.05) is 19.6 Å². The topological polar surface area (TPSA) is 139 Å². The van der Waals surface area contributed by atoms with Crippen LogP contribution in [0.5, 0.6) is 0 Å². The van der Waals surface area contributed by atoms with Crippen molar-refractivity contribution in [3.63, 3.8) is 0 Å². The van der Waals surface area contributed by atoms with E-state index < -0.39 is 26.8 Å². The average Bonchev–Trinajstić information content (AvgIpc) is 3.21. The number of aryl methyl sites for hydroxylation is 1. The van der Waals surface area contributed by atoms with Gasteiger partial charge in [-0.2, -0.15) is 4.31 Å². The van der Waals surface area contributed by atoms with E-state index in [0.29, 0.717) is 23.5 Å². The van der Waals surface area contributed by atoms with Crippen LogP contribution in [0.15, 0.2) is 34.5 Å². The van der Waals surface area contributed by atoms with E-state index in [9.17, 15) is 28.1 Å². The van der Waals surface area contributed by atoms with Crippen molar-refractivity contribution in [1.29, 1.82) is 0 Å². The summed E-state index contributed by atoms with van der Waals surface area (Å²) in [5, 5.41) is 16.0. The van der Waals surface area contributed by atoms with Crippen LogP contribution in [0.25, 0.3) is 0 Å². The number of thiophene rings is 1. The van der Waals surface area contributed by atoms with E-state index >= 15 is 0 Å². The minimum absolute atomic E-state index is 0.0783. The van der Waals surface area contributed by atoms with E-state index in [1.807, 2.05) is 0 Å².